The molecular formula is C30H30N8O3. The van der Waals surface area contributed by atoms with E-state index in [1.165, 1.54) is 10.9 Å². The summed E-state index contributed by atoms with van der Waals surface area (Å²) in [7, 11) is 0. The van der Waals surface area contributed by atoms with Gasteiger partial charge in [-0.25, -0.2) is 4.68 Å². The molecule has 3 aromatic heterocycles. The summed E-state index contributed by atoms with van der Waals surface area (Å²) in [4.78, 5) is 48.4. The minimum atomic E-state index is -0.548. The van der Waals surface area contributed by atoms with Gasteiger partial charge < -0.3 is 10.2 Å². The van der Waals surface area contributed by atoms with Crippen LogP contribution in [0.4, 0.5) is 11.5 Å². The second kappa shape index (κ2) is 9.84. The van der Waals surface area contributed by atoms with Gasteiger partial charge in [-0.3, -0.25) is 19.4 Å². The van der Waals surface area contributed by atoms with Crippen molar-refractivity contribution in [1.82, 2.24) is 29.5 Å². The van der Waals surface area contributed by atoms with Crippen LogP contribution in [0.25, 0.3) is 22.7 Å². The monoisotopic (exact) mass is 550 g/mol. The van der Waals surface area contributed by atoms with Crippen molar-refractivity contribution in [2.75, 3.05) is 16.8 Å². The van der Waals surface area contributed by atoms with Gasteiger partial charge in [0.25, 0.3) is 5.56 Å². The highest BCUT2D eigenvalue weighted by molar-refractivity contribution is 6.03. The maximum absolute atomic E-state index is 13.4. The molecule has 1 aliphatic heterocycles. The Hall–Kier alpha value is -5.06. The Bertz CT molecular complexity index is 1910. The van der Waals surface area contributed by atoms with Gasteiger partial charge in [-0.15, -0.1) is 0 Å². The van der Waals surface area contributed by atoms with Crippen LogP contribution in [0, 0.1) is 40.5 Å². The number of fused-ring (bicyclic) bond motifs is 1. The largest absolute Gasteiger partial charge is 0.312 e. The quantitative estimate of drug-likeness (QED) is 0.342. The number of amides is 2. The first-order chi connectivity index (χ1) is 19.6. The lowest BCUT2D eigenvalue weighted by atomic mass is 10.1. The molecule has 1 saturated heterocycles. The third-order valence-corrected chi connectivity index (χ3v) is 7.81. The maximum Gasteiger partial charge on any atom is 0.263 e. The molecule has 2 aromatic carbocycles. The number of anilines is 2. The fourth-order valence-corrected chi connectivity index (χ4v) is 5.15. The zero-order valence-electron chi connectivity index (χ0n) is 23.5. The van der Waals surface area contributed by atoms with Crippen molar-refractivity contribution in [1.29, 1.82) is 0 Å². The first kappa shape index (κ1) is 26.2. The van der Waals surface area contributed by atoms with Gasteiger partial charge in [0, 0.05) is 24.7 Å². The van der Waals surface area contributed by atoms with E-state index in [1.54, 1.807) is 22.6 Å². The second-order valence-electron chi connectivity index (χ2n) is 10.6. The Labute approximate surface area is 235 Å². The fraction of sp³-hybridized carbons (Fsp3) is 0.267. The minimum absolute atomic E-state index is 0.0992. The number of aryl methyl sites for hydroxylation is 4. The van der Waals surface area contributed by atoms with Gasteiger partial charge in [0.05, 0.1) is 23.5 Å². The topological polar surface area (TPSA) is 131 Å². The van der Waals surface area contributed by atoms with Crippen molar-refractivity contribution in [3.63, 3.8) is 0 Å². The zero-order valence-corrected chi connectivity index (χ0v) is 23.5. The standard InChI is InChI=1S/C30H30N8O3/c1-16-9-10-22(11-18(16)3)36-15-21(13-26(36)39)28(40)32-25-12-19(4)35-38(25)30-33-27-23(29(41)34-30)14-31-37(27)24-8-6-7-17(2)20(24)5/h6-12,14,21H,13,15H2,1-5H3,(H,32,40)(H,33,34,41). The zero-order chi connectivity index (χ0) is 29.0. The van der Waals surface area contributed by atoms with Crippen molar-refractivity contribution in [3.05, 3.63) is 87.0 Å². The van der Waals surface area contributed by atoms with Crippen molar-refractivity contribution in [2.24, 2.45) is 5.92 Å². The molecule has 2 N–H and O–H groups in total. The summed E-state index contributed by atoms with van der Waals surface area (Å²) >= 11 is 0. The molecule has 0 spiro atoms. The average molecular weight is 551 g/mol. The number of nitrogens with one attached hydrogen (secondary N) is 2. The van der Waals surface area contributed by atoms with Crippen LogP contribution in [-0.4, -0.2) is 47.9 Å². The minimum Gasteiger partial charge on any atom is -0.312 e. The third-order valence-electron chi connectivity index (χ3n) is 7.81. The van der Waals surface area contributed by atoms with E-state index >= 15 is 0 Å². The molecule has 0 radical (unpaired) electrons. The lowest BCUT2D eigenvalue weighted by Gasteiger charge is -2.18. The molecule has 1 unspecified atom stereocenters. The summed E-state index contributed by atoms with van der Waals surface area (Å²) in [6, 6.07) is 13.4. The summed E-state index contributed by atoms with van der Waals surface area (Å²) in [5, 5.41) is 12.2. The van der Waals surface area contributed by atoms with E-state index in [1.807, 2.05) is 64.1 Å². The van der Waals surface area contributed by atoms with E-state index in [2.05, 4.69) is 20.5 Å². The molecule has 0 saturated carbocycles. The first-order valence-electron chi connectivity index (χ1n) is 13.4. The highest BCUT2D eigenvalue weighted by Crippen LogP contribution is 2.28. The molecule has 4 heterocycles. The lowest BCUT2D eigenvalue weighted by Crippen LogP contribution is -2.29. The fourth-order valence-electron chi connectivity index (χ4n) is 5.15. The number of nitrogens with zero attached hydrogens (tertiary/aromatic N) is 6. The Morgan fingerprint density at radius 3 is 2.56 bits per heavy atom. The molecule has 2 amide bonds. The number of carbonyl (C=O) groups is 2. The van der Waals surface area contributed by atoms with E-state index < -0.39 is 5.92 Å². The van der Waals surface area contributed by atoms with Gasteiger partial charge in [0.2, 0.25) is 17.8 Å². The van der Waals surface area contributed by atoms with E-state index in [0.29, 0.717) is 22.5 Å². The number of benzene rings is 2. The van der Waals surface area contributed by atoms with E-state index in [-0.39, 0.29) is 36.3 Å². The molecule has 6 rings (SSSR count). The predicted molar refractivity (Wildman–Crippen MR) is 156 cm³/mol. The summed E-state index contributed by atoms with van der Waals surface area (Å²) < 4.78 is 3.03. The van der Waals surface area contributed by atoms with Gasteiger partial charge in [-0.1, -0.05) is 18.2 Å². The smallest absolute Gasteiger partial charge is 0.263 e. The summed E-state index contributed by atoms with van der Waals surface area (Å²) in [6.45, 7) is 10.1. The molecule has 1 aliphatic rings. The number of rotatable bonds is 5. The van der Waals surface area contributed by atoms with Gasteiger partial charge in [-0.2, -0.15) is 19.9 Å². The molecule has 41 heavy (non-hydrogen) atoms. The molecule has 11 heteroatoms. The van der Waals surface area contributed by atoms with Crippen LogP contribution < -0.4 is 15.8 Å². The van der Waals surface area contributed by atoms with Crippen molar-refractivity contribution in [3.8, 4) is 11.6 Å². The third kappa shape index (κ3) is 4.58. The summed E-state index contributed by atoms with van der Waals surface area (Å²) in [6.07, 6.45) is 1.59. The Kier molecular flexibility index (Phi) is 6.29. The summed E-state index contributed by atoms with van der Waals surface area (Å²) in [5.74, 6) is -0.487. The van der Waals surface area contributed by atoms with E-state index in [9.17, 15) is 14.4 Å². The van der Waals surface area contributed by atoms with E-state index in [4.69, 9.17) is 4.98 Å². The average Bonchev–Trinajstić information content (AvgIpc) is 3.64. The van der Waals surface area contributed by atoms with Crippen LogP contribution in [-0.2, 0) is 9.59 Å². The molecule has 208 valence electrons. The number of aromatic amines is 1. The van der Waals surface area contributed by atoms with Crippen LogP contribution in [0.1, 0.15) is 34.4 Å². The normalized spacial score (nSPS) is 15.2. The van der Waals surface area contributed by atoms with Crippen LogP contribution in [0.5, 0.6) is 0 Å². The van der Waals surface area contributed by atoms with Gasteiger partial charge >= 0.3 is 0 Å². The number of aromatic nitrogens is 6. The molecule has 5 aromatic rings. The lowest BCUT2D eigenvalue weighted by molar-refractivity contribution is -0.122. The Morgan fingerprint density at radius 1 is 0.976 bits per heavy atom. The predicted octanol–water partition coefficient (Wildman–Crippen LogP) is 3.83. The van der Waals surface area contributed by atoms with Crippen LogP contribution in [0.15, 0.2) is 53.5 Å². The van der Waals surface area contributed by atoms with E-state index in [0.717, 1.165) is 33.6 Å². The molecule has 0 bridgehead atoms. The number of H-pyrrole nitrogens is 1. The Morgan fingerprint density at radius 2 is 1.78 bits per heavy atom. The Balaban J connectivity index is 1.31. The van der Waals surface area contributed by atoms with Crippen molar-refractivity contribution >= 4 is 34.4 Å². The van der Waals surface area contributed by atoms with Crippen molar-refractivity contribution in [2.45, 2.75) is 41.0 Å². The molecule has 1 fully saturated rings. The van der Waals surface area contributed by atoms with Crippen LogP contribution >= 0.6 is 0 Å². The highest BCUT2D eigenvalue weighted by Gasteiger charge is 2.35. The van der Waals surface area contributed by atoms with Gasteiger partial charge in [0.15, 0.2) is 5.65 Å². The molecule has 11 nitrogen and oxygen atoms in total. The molecular weight excluding hydrogens is 520 g/mol. The highest BCUT2D eigenvalue weighted by atomic mass is 16.2. The summed E-state index contributed by atoms with van der Waals surface area (Å²) in [5.41, 5.74) is 6.53. The van der Waals surface area contributed by atoms with Gasteiger partial charge in [-0.05, 0) is 75.1 Å². The first-order valence-corrected chi connectivity index (χ1v) is 13.4. The maximum atomic E-state index is 13.4. The number of hydrogen-bond donors (Lipinski definition) is 2. The molecule has 0 aliphatic carbocycles. The van der Waals surface area contributed by atoms with Crippen molar-refractivity contribution < 1.29 is 9.59 Å². The number of carbonyl (C=O) groups excluding carboxylic acids is 2. The second-order valence-corrected chi connectivity index (χ2v) is 10.6. The number of hydrogen-bond acceptors (Lipinski definition) is 6. The van der Waals surface area contributed by atoms with Gasteiger partial charge in [0.1, 0.15) is 11.2 Å². The van der Waals surface area contributed by atoms with Crippen LogP contribution in [0.3, 0.4) is 0 Å². The SMILES string of the molecule is Cc1cc(NC(=O)C2CC(=O)N(c3ccc(C)c(C)c3)C2)n(-c2nc3c(cnn3-c3cccc(C)c3C)c(=O)[nH]2)n1. The van der Waals surface area contributed by atoms with Crippen LogP contribution in [0.2, 0.25) is 0 Å². The molecule has 1 atom stereocenters.